The summed E-state index contributed by atoms with van der Waals surface area (Å²) in [6.07, 6.45) is 1.83. The number of anilines is 1. The molecular weight excluding hydrogens is 244 g/mol. The van der Waals surface area contributed by atoms with Crippen molar-refractivity contribution in [2.75, 3.05) is 5.32 Å². The topological polar surface area (TPSA) is 24.9 Å². The number of rotatable bonds is 3. The van der Waals surface area contributed by atoms with Gasteiger partial charge in [-0.1, -0.05) is 18.2 Å². The molecule has 2 nitrogen and oxygen atoms in total. The summed E-state index contributed by atoms with van der Waals surface area (Å²) in [4.78, 5) is 4.34. The second-order valence-corrected chi connectivity index (χ2v) is 5.26. The molecule has 0 spiro atoms. The molecule has 20 heavy (non-hydrogen) atoms. The number of nitrogens with zero attached hydrogens (tertiary/aromatic N) is 1. The van der Waals surface area contributed by atoms with Crippen LogP contribution in [0.1, 0.15) is 16.7 Å². The lowest BCUT2D eigenvalue weighted by Gasteiger charge is -2.09. The van der Waals surface area contributed by atoms with Crippen molar-refractivity contribution in [1.29, 1.82) is 0 Å². The summed E-state index contributed by atoms with van der Waals surface area (Å²) in [6, 6.07) is 17.0. The number of pyridine rings is 1. The highest BCUT2D eigenvalue weighted by atomic mass is 14.9. The average molecular weight is 262 g/mol. The van der Waals surface area contributed by atoms with Crippen LogP contribution in [-0.4, -0.2) is 4.98 Å². The van der Waals surface area contributed by atoms with Gasteiger partial charge in [0.1, 0.15) is 0 Å². The molecule has 1 N–H and O–H groups in total. The Morgan fingerprint density at radius 3 is 2.55 bits per heavy atom. The Hall–Kier alpha value is -2.35. The smallest absolute Gasteiger partial charge is 0.0702 e. The maximum Gasteiger partial charge on any atom is 0.0702 e. The van der Waals surface area contributed by atoms with E-state index in [0.717, 1.165) is 12.1 Å². The molecule has 0 radical (unpaired) electrons. The highest BCUT2D eigenvalue weighted by Gasteiger charge is 1.99. The zero-order valence-corrected chi connectivity index (χ0v) is 11.9. The van der Waals surface area contributed by atoms with Crippen LogP contribution in [0.25, 0.3) is 10.9 Å². The predicted octanol–water partition coefficient (Wildman–Crippen LogP) is 4.46. The first-order valence-corrected chi connectivity index (χ1v) is 6.86. The van der Waals surface area contributed by atoms with E-state index < -0.39 is 0 Å². The summed E-state index contributed by atoms with van der Waals surface area (Å²) in [6.45, 7) is 5.08. The van der Waals surface area contributed by atoms with Gasteiger partial charge >= 0.3 is 0 Å². The molecule has 2 heteroatoms. The number of hydrogen-bond donors (Lipinski definition) is 1. The van der Waals surface area contributed by atoms with E-state index in [4.69, 9.17) is 0 Å². The Morgan fingerprint density at radius 1 is 0.950 bits per heavy atom. The summed E-state index contributed by atoms with van der Waals surface area (Å²) in [5.41, 5.74) is 6.06. The van der Waals surface area contributed by atoms with Gasteiger partial charge in [-0.15, -0.1) is 0 Å². The molecule has 0 unspecified atom stereocenters. The van der Waals surface area contributed by atoms with Crippen molar-refractivity contribution in [3.63, 3.8) is 0 Å². The molecule has 0 bridgehead atoms. The Morgan fingerprint density at radius 2 is 1.75 bits per heavy atom. The summed E-state index contributed by atoms with van der Waals surface area (Å²) in [5, 5.41) is 4.67. The summed E-state index contributed by atoms with van der Waals surface area (Å²) < 4.78 is 0. The zero-order chi connectivity index (χ0) is 13.9. The van der Waals surface area contributed by atoms with Gasteiger partial charge in [0.15, 0.2) is 0 Å². The molecule has 0 aliphatic heterocycles. The number of aryl methyl sites for hydroxylation is 2. The molecule has 1 heterocycles. The molecule has 2 aromatic carbocycles. The van der Waals surface area contributed by atoms with Gasteiger partial charge in [0.25, 0.3) is 0 Å². The fourth-order valence-corrected chi connectivity index (χ4v) is 2.52. The van der Waals surface area contributed by atoms with Crippen molar-refractivity contribution in [3.8, 4) is 0 Å². The van der Waals surface area contributed by atoms with E-state index in [0.29, 0.717) is 0 Å². The second kappa shape index (κ2) is 5.33. The Balaban J connectivity index is 1.79. The minimum Gasteiger partial charge on any atom is -0.381 e. The van der Waals surface area contributed by atoms with Crippen molar-refractivity contribution in [3.05, 3.63) is 71.4 Å². The molecule has 0 saturated heterocycles. The van der Waals surface area contributed by atoms with Gasteiger partial charge < -0.3 is 5.32 Å². The molecule has 0 amide bonds. The van der Waals surface area contributed by atoms with E-state index in [-0.39, 0.29) is 0 Å². The van der Waals surface area contributed by atoms with Crippen molar-refractivity contribution in [1.82, 2.24) is 4.98 Å². The van der Waals surface area contributed by atoms with Gasteiger partial charge in [0.05, 0.1) is 5.52 Å². The van der Waals surface area contributed by atoms with Crippen molar-refractivity contribution in [2.24, 2.45) is 0 Å². The normalized spacial score (nSPS) is 10.7. The summed E-state index contributed by atoms with van der Waals surface area (Å²) in [5.74, 6) is 0. The standard InChI is InChI=1S/C18H18N2/c1-13-8-14(2)10-17(9-13)20-12-15-5-6-18-16(11-15)4-3-7-19-18/h3-11,20H,12H2,1-2H3. The van der Waals surface area contributed by atoms with E-state index in [1.54, 1.807) is 0 Å². The number of aromatic nitrogens is 1. The second-order valence-electron chi connectivity index (χ2n) is 5.26. The molecule has 0 atom stereocenters. The number of nitrogens with one attached hydrogen (secondary N) is 1. The lowest BCUT2D eigenvalue weighted by atomic mass is 10.1. The van der Waals surface area contributed by atoms with Crippen LogP contribution in [0, 0.1) is 13.8 Å². The third-order valence-corrected chi connectivity index (χ3v) is 3.39. The average Bonchev–Trinajstić information content (AvgIpc) is 2.44. The summed E-state index contributed by atoms with van der Waals surface area (Å²) in [7, 11) is 0. The van der Waals surface area contributed by atoms with Gasteiger partial charge in [-0.2, -0.15) is 0 Å². The van der Waals surface area contributed by atoms with Crippen LogP contribution in [0.4, 0.5) is 5.69 Å². The van der Waals surface area contributed by atoms with Gasteiger partial charge in [-0.05, 0) is 60.9 Å². The highest BCUT2D eigenvalue weighted by molar-refractivity contribution is 5.79. The van der Waals surface area contributed by atoms with Gasteiger partial charge in [0.2, 0.25) is 0 Å². The maximum absolute atomic E-state index is 4.34. The molecule has 3 aromatic rings. The van der Waals surface area contributed by atoms with Gasteiger partial charge in [0, 0.05) is 23.8 Å². The van der Waals surface area contributed by atoms with E-state index in [1.165, 1.54) is 27.8 Å². The monoisotopic (exact) mass is 262 g/mol. The Kier molecular flexibility index (Phi) is 3.38. The van der Waals surface area contributed by atoms with E-state index >= 15 is 0 Å². The Bertz CT molecular complexity index is 727. The first kappa shape index (κ1) is 12.7. The third-order valence-electron chi connectivity index (χ3n) is 3.39. The minimum atomic E-state index is 0.827. The lowest BCUT2D eigenvalue weighted by Crippen LogP contribution is -2.00. The van der Waals surface area contributed by atoms with E-state index in [2.05, 4.69) is 66.6 Å². The van der Waals surface area contributed by atoms with Crippen molar-refractivity contribution >= 4 is 16.6 Å². The molecule has 0 aliphatic rings. The number of fused-ring (bicyclic) bond motifs is 1. The van der Waals surface area contributed by atoms with E-state index in [9.17, 15) is 0 Å². The fraction of sp³-hybridized carbons (Fsp3) is 0.167. The number of hydrogen-bond acceptors (Lipinski definition) is 2. The van der Waals surface area contributed by atoms with Crippen molar-refractivity contribution < 1.29 is 0 Å². The first-order chi connectivity index (χ1) is 9.70. The number of benzene rings is 2. The highest BCUT2D eigenvalue weighted by Crippen LogP contribution is 2.17. The third kappa shape index (κ3) is 2.80. The molecule has 0 aliphatic carbocycles. The maximum atomic E-state index is 4.34. The van der Waals surface area contributed by atoms with Crippen LogP contribution in [0.2, 0.25) is 0 Å². The van der Waals surface area contributed by atoms with Crippen LogP contribution < -0.4 is 5.32 Å². The van der Waals surface area contributed by atoms with Gasteiger partial charge in [-0.25, -0.2) is 0 Å². The molecule has 3 rings (SSSR count). The SMILES string of the molecule is Cc1cc(C)cc(NCc2ccc3ncccc3c2)c1. The largest absolute Gasteiger partial charge is 0.381 e. The quantitative estimate of drug-likeness (QED) is 0.753. The van der Waals surface area contributed by atoms with Crippen LogP contribution >= 0.6 is 0 Å². The molecule has 0 fully saturated rings. The lowest BCUT2D eigenvalue weighted by molar-refractivity contribution is 1.15. The van der Waals surface area contributed by atoms with Gasteiger partial charge in [-0.3, -0.25) is 4.98 Å². The molecule has 1 aromatic heterocycles. The van der Waals surface area contributed by atoms with Crippen molar-refractivity contribution in [2.45, 2.75) is 20.4 Å². The first-order valence-electron chi connectivity index (χ1n) is 6.86. The molecule has 0 saturated carbocycles. The molecule has 100 valence electrons. The summed E-state index contributed by atoms with van der Waals surface area (Å²) >= 11 is 0. The molecular formula is C18H18N2. The van der Waals surface area contributed by atoms with E-state index in [1.807, 2.05) is 12.3 Å². The van der Waals surface area contributed by atoms with Crippen LogP contribution in [0.5, 0.6) is 0 Å². The van der Waals surface area contributed by atoms with Crippen LogP contribution in [-0.2, 0) is 6.54 Å². The minimum absolute atomic E-state index is 0.827. The Labute approximate surface area is 119 Å². The fourth-order valence-electron chi connectivity index (χ4n) is 2.52. The zero-order valence-electron chi connectivity index (χ0n) is 11.9. The van der Waals surface area contributed by atoms with Crippen LogP contribution in [0.3, 0.4) is 0 Å². The predicted molar refractivity (Wildman–Crippen MR) is 85.0 cm³/mol. The van der Waals surface area contributed by atoms with Crippen LogP contribution in [0.15, 0.2) is 54.7 Å².